The second-order valence-electron chi connectivity index (χ2n) is 8.56. The maximum absolute atomic E-state index is 12.5. The van der Waals surface area contributed by atoms with E-state index in [1.165, 1.54) is 0 Å². The van der Waals surface area contributed by atoms with Gasteiger partial charge in [-0.3, -0.25) is 50.0 Å². The van der Waals surface area contributed by atoms with Crippen LogP contribution >= 0.6 is 0 Å². The highest BCUT2D eigenvalue weighted by atomic mass is 16.6. The van der Waals surface area contributed by atoms with Gasteiger partial charge in [0.15, 0.2) is 5.78 Å². The smallest absolute Gasteiger partial charge is 0.285 e. The quantitative estimate of drug-likeness (QED) is 0.150. The number of carbonyl (C=O) groups is 1. The molecule has 15 nitrogen and oxygen atoms in total. The summed E-state index contributed by atoms with van der Waals surface area (Å²) in [7, 11) is 0. The molecule has 0 unspecified atom stereocenters. The minimum Gasteiger partial charge on any atom is -0.456 e. The largest absolute Gasteiger partial charge is 0.456 e. The maximum Gasteiger partial charge on any atom is 0.285 e. The molecule has 0 atom stereocenters. The van der Waals surface area contributed by atoms with E-state index in [1.54, 1.807) is 12.1 Å². The van der Waals surface area contributed by atoms with Crippen LogP contribution in [0.5, 0.6) is 0 Å². The van der Waals surface area contributed by atoms with E-state index < -0.39 is 70.5 Å². The van der Waals surface area contributed by atoms with Gasteiger partial charge in [0.05, 0.1) is 53.7 Å². The first-order valence-corrected chi connectivity index (χ1v) is 11.4. The van der Waals surface area contributed by atoms with Crippen LogP contribution in [0.3, 0.4) is 0 Å². The molecular weight excluding hydrogens is 544 g/mol. The van der Waals surface area contributed by atoms with Crippen LogP contribution in [0.15, 0.2) is 82.0 Å². The molecule has 1 aromatic heterocycles. The highest BCUT2D eigenvalue weighted by molar-refractivity contribution is 6.25. The molecule has 1 aliphatic rings. The van der Waals surface area contributed by atoms with Gasteiger partial charge in [0.1, 0.15) is 11.2 Å². The molecule has 0 saturated heterocycles. The lowest BCUT2D eigenvalue weighted by Crippen LogP contribution is -2.01. The molecule has 0 bridgehead atoms. The average Bonchev–Trinajstić information content (AvgIpc) is 3.24. The van der Waals surface area contributed by atoms with Gasteiger partial charge in [0, 0.05) is 23.3 Å². The van der Waals surface area contributed by atoms with Crippen LogP contribution in [0.25, 0.3) is 33.1 Å². The predicted molar refractivity (Wildman–Crippen MR) is 142 cm³/mol. The third-order valence-electron chi connectivity index (χ3n) is 6.24. The number of nitrogens with zero attached hydrogens (tertiary/aromatic N) is 4. The van der Waals surface area contributed by atoms with Crippen LogP contribution in [-0.2, 0) is 0 Å². The number of fused-ring (bicyclic) bond motifs is 5. The molecule has 1 heterocycles. The van der Waals surface area contributed by atoms with E-state index in [0.717, 1.165) is 12.1 Å². The number of benzene rings is 4. The fourth-order valence-corrected chi connectivity index (χ4v) is 4.50. The summed E-state index contributed by atoms with van der Waals surface area (Å²) in [4.78, 5) is 65.1. The van der Waals surface area contributed by atoms with Crippen molar-refractivity contribution in [2.75, 3.05) is 0 Å². The van der Waals surface area contributed by atoms with Crippen LogP contribution < -0.4 is 5.43 Å². The normalized spacial score (nSPS) is 11.4. The lowest BCUT2D eigenvalue weighted by molar-refractivity contribution is -0.395. The van der Waals surface area contributed by atoms with Crippen LogP contribution in [0, 0.1) is 40.5 Å². The van der Waals surface area contributed by atoms with Crippen molar-refractivity contribution in [3.8, 4) is 11.1 Å². The molecular formula is C26H12N4O11. The Kier molecular flexibility index (Phi) is 6.23. The second kappa shape index (κ2) is 9.73. The molecule has 5 aromatic rings. The SMILES string of the molecule is O=C1c2cc([N+](=O)[O-])cc([N+](=O)[O-])c2-c2c1cc([N+](=O)[O-])cc2[N+](=O)[O-].O=c1c2ccccc2oc2ccccc12. The van der Waals surface area contributed by atoms with Gasteiger partial charge in [-0.1, -0.05) is 24.3 Å². The Balaban J connectivity index is 0.000000189. The summed E-state index contributed by atoms with van der Waals surface area (Å²) >= 11 is 0. The van der Waals surface area contributed by atoms with Crippen molar-refractivity contribution in [1.29, 1.82) is 0 Å². The van der Waals surface area contributed by atoms with Crippen LogP contribution in [0.4, 0.5) is 22.7 Å². The Morgan fingerprint density at radius 1 is 0.537 bits per heavy atom. The summed E-state index contributed by atoms with van der Waals surface area (Å²) in [6.45, 7) is 0. The Morgan fingerprint density at radius 2 is 0.927 bits per heavy atom. The Morgan fingerprint density at radius 3 is 1.29 bits per heavy atom. The zero-order chi connectivity index (χ0) is 29.6. The summed E-state index contributed by atoms with van der Waals surface area (Å²) in [6.07, 6.45) is 0. The number of ketones is 1. The highest BCUT2D eigenvalue weighted by Crippen LogP contribution is 2.49. The molecule has 0 amide bonds. The highest BCUT2D eigenvalue weighted by Gasteiger charge is 2.42. The second-order valence-corrected chi connectivity index (χ2v) is 8.56. The van der Waals surface area contributed by atoms with E-state index in [2.05, 4.69) is 0 Å². The number of non-ortho nitro benzene ring substituents is 2. The van der Waals surface area contributed by atoms with Crippen LogP contribution in [0.2, 0.25) is 0 Å². The third kappa shape index (κ3) is 4.38. The van der Waals surface area contributed by atoms with Crippen molar-refractivity contribution in [3.63, 3.8) is 0 Å². The zero-order valence-electron chi connectivity index (χ0n) is 20.2. The fourth-order valence-electron chi connectivity index (χ4n) is 4.50. The summed E-state index contributed by atoms with van der Waals surface area (Å²) in [5.41, 5.74) is -3.88. The van der Waals surface area contributed by atoms with Crippen molar-refractivity contribution in [2.45, 2.75) is 0 Å². The van der Waals surface area contributed by atoms with E-state index >= 15 is 0 Å². The van der Waals surface area contributed by atoms with Crippen molar-refractivity contribution < 1.29 is 28.9 Å². The standard InChI is InChI=1S/C13H4N4O9.C13H8O2/c18-13-7-1-5(14(19)20)3-9(16(23)24)11(7)12-8(13)2-6(15(21)22)4-10(12)17(25)26;14-13-9-5-1-3-7-11(9)15-12-8-4-2-6-10(12)13/h1-4H;1-8H. The summed E-state index contributed by atoms with van der Waals surface area (Å²) < 4.78 is 5.63. The van der Waals surface area contributed by atoms with E-state index in [-0.39, 0.29) is 5.43 Å². The number of nitro groups is 4. The van der Waals surface area contributed by atoms with Crippen LogP contribution in [0.1, 0.15) is 15.9 Å². The molecule has 15 heteroatoms. The van der Waals surface area contributed by atoms with Gasteiger partial charge in [0.25, 0.3) is 22.7 Å². The van der Waals surface area contributed by atoms with Crippen molar-refractivity contribution in [1.82, 2.24) is 0 Å². The van der Waals surface area contributed by atoms with Gasteiger partial charge in [-0.2, -0.15) is 0 Å². The predicted octanol–water partition coefficient (Wildman–Crippen LogP) is 5.48. The van der Waals surface area contributed by atoms with Gasteiger partial charge in [0.2, 0.25) is 5.43 Å². The van der Waals surface area contributed by atoms with Gasteiger partial charge in [-0.05, 0) is 24.3 Å². The Hall–Kier alpha value is -6.38. The minimum absolute atomic E-state index is 0.0347. The lowest BCUT2D eigenvalue weighted by Gasteiger charge is -2.03. The molecule has 41 heavy (non-hydrogen) atoms. The first-order valence-electron chi connectivity index (χ1n) is 11.4. The van der Waals surface area contributed by atoms with Crippen molar-refractivity contribution in [3.05, 3.63) is 135 Å². The monoisotopic (exact) mass is 556 g/mol. The van der Waals surface area contributed by atoms with Gasteiger partial charge in [-0.15, -0.1) is 0 Å². The lowest BCUT2D eigenvalue weighted by atomic mass is 10.0. The van der Waals surface area contributed by atoms with E-state index in [9.17, 15) is 50.0 Å². The number of hydrogen-bond acceptors (Lipinski definition) is 11. The molecule has 0 spiro atoms. The summed E-state index contributed by atoms with van der Waals surface area (Å²) in [6, 6.07) is 17.2. The number of nitro benzene ring substituents is 4. The Labute approximate surface area is 225 Å². The summed E-state index contributed by atoms with van der Waals surface area (Å²) in [5.74, 6) is -1.01. The molecule has 4 aromatic carbocycles. The van der Waals surface area contributed by atoms with Crippen molar-refractivity contribution >= 4 is 50.5 Å². The number of hydrogen-bond donors (Lipinski definition) is 0. The molecule has 0 aliphatic heterocycles. The van der Waals surface area contributed by atoms with Gasteiger partial charge in [-0.25, -0.2) is 0 Å². The molecule has 6 rings (SSSR count). The zero-order valence-corrected chi connectivity index (χ0v) is 20.2. The molecule has 0 radical (unpaired) electrons. The minimum atomic E-state index is -1.01. The first kappa shape index (κ1) is 26.2. The molecule has 0 N–H and O–H groups in total. The number of carbonyl (C=O) groups excluding carboxylic acids is 1. The third-order valence-corrected chi connectivity index (χ3v) is 6.24. The van der Waals surface area contributed by atoms with Crippen LogP contribution in [-0.4, -0.2) is 25.5 Å². The molecule has 0 fully saturated rings. The van der Waals surface area contributed by atoms with E-state index in [1.807, 2.05) is 36.4 Å². The fraction of sp³-hybridized carbons (Fsp3) is 0. The van der Waals surface area contributed by atoms with Gasteiger partial charge >= 0.3 is 0 Å². The van der Waals surface area contributed by atoms with Gasteiger partial charge < -0.3 is 4.42 Å². The number of para-hydroxylation sites is 2. The maximum atomic E-state index is 12.5. The Bertz CT molecular complexity index is 1930. The van der Waals surface area contributed by atoms with E-state index in [4.69, 9.17) is 4.42 Å². The number of rotatable bonds is 4. The molecule has 202 valence electrons. The topological polar surface area (TPSA) is 220 Å². The molecule has 0 saturated carbocycles. The van der Waals surface area contributed by atoms with Crippen molar-refractivity contribution in [2.24, 2.45) is 0 Å². The molecule has 1 aliphatic carbocycles. The average molecular weight is 556 g/mol. The first-order chi connectivity index (χ1) is 19.5. The van der Waals surface area contributed by atoms with E-state index in [0.29, 0.717) is 34.1 Å². The summed E-state index contributed by atoms with van der Waals surface area (Å²) in [5, 5.41) is 45.8.